The third-order valence-corrected chi connectivity index (χ3v) is 3.78. The van der Waals surface area contributed by atoms with Crippen molar-refractivity contribution in [1.82, 2.24) is 4.98 Å². The Labute approximate surface area is 111 Å². The van der Waals surface area contributed by atoms with Crippen LogP contribution in [0.5, 0.6) is 0 Å². The fourth-order valence-corrected chi connectivity index (χ4v) is 2.65. The minimum absolute atomic E-state index is 0.159. The maximum Gasteiger partial charge on any atom is 0.295 e. The number of benzene rings is 1. The summed E-state index contributed by atoms with van der Waals surface area (Å²) in [6.07, 6.45) is 3.91. The topological polar surface area (TPSA) is 67.3 Å². The van der Waals surface area contributed by atoms with Gasteiger partial charge in [-0.3, -0.25) is 9.54 Å². The molecule has 0 spiro atoms. The van der Waals surface area contributed by atoms with Gasteiger partial charge in [-0.15, -0.1) is 19.2 Å². The van der Waals surface area contributed by atoms with Crippen LogP contribution in [-0.4, -0.2) is 18.0 Å². The van der Waals surface area contributed by atoms with Gasteiger partial charge in [0.15, 0.2) is 0 Å². The Morgan fingerprint density at radius 1 is 1.44 bits per heavy atom. The van der Waals surface area contributed by atoms with E-state index in [0.717, 1.165) is 5.56 Å². The van der Waals surface area contributed by atoms with E-state index in [0.29, 0.717) is 22.2 Å². The predicted octanol–water partition coefficient (Wildman–Crippen LogP) is 2.50. The molecular formula is C12H11NO3S2. The van der Waals surface area contributed by atoms with E-state index in [4.69, 9.17) is 0 Å². The number of aromatic nitrogens is 1. The van der Waals surface area contributed by atoms with Crippen LogP contribution in [0, 0.1) is 0 Å². The highest BCUT2D eigenvalue weighted by Crippen LogP contribution is 2.27. The second-order valence-corrected chi connectivity index (χ2v) is 5.66. The average molecular weight is 281 g/mol. The predicted molar refractivity (Wildman–Crippen MR) is 72.7 cm³/mol. The summed E-state index contributed by atoms with van der Waals surface area (Å²) in [6, 6.07) is 4.49. The molecule has 0 fully saturated rings. The molecule has 1 aromatic carbocycles. The van der Waals surface area contributed by atoms with Crippen LogP contribution in [0.1, 0.15) is 5.56 Å². The van der Waals surface area contributed by atoms with Gasteiger partial charge in [-0.05, 0) is 30.2 Å². The van der Waals surface area contributed by atoms with E-state index in [2.05, 4.69) is 24.2 Å². The fourth-order valence-electron chi connectivity index (χ4n) is 1.73. The molecule has 0 unspecified atom stereocenters. The quantitative estimate of drug-likeness (QED) is 0.515. The number of thiol groups is 1. The van der Waals surface area contributed by atoms with Crippen molar-refractivity contribution < 1.29 is 13.0 Å². The van der Waals surface area contributed by atoms with Gasteiger partial charge >= 0.3 is 0 Å². The summed E-state index contributed by atoms with van der Waals surface area (Å²) in [5.74, 6) is 0. The molecule has 1 aromatic heterocycles. The fraction of sp³-hybridized carbons (Fsp3) is 0.0833. The molecule has 0 atom stereocenters. The molecule has 1 N–H and O–H groups in total. The molecule has 4 nitrogen and oxygen atoms in total. The van der Waals surface area contributed by atoms with Crippen LogP contribution in [0.2, 0.25) is 0 Å². The molecule has 0 aliphatic rings. The van der Waals surface area contributed by atoms with Crippen LogP contribution in [0.25, 0.3) is 10.9 Å². The molecule has 18 heavy (non-hydrogen) atoms. The van der Waals surface area contributed by atoms with E-state index in [1.165, 1.54) is 12.1 Å². The molecule has 0 aliphatic carbocycles. The highest BCUT2D eigenvalue weighted by molar-refractivity contribution is 7.86. The first-order chi connectivity index (χ1) is 8.43. The molecule has 0 radical (unpaired) electrons. The summed E-state index contributed by atoms with van der Waals surface area (Å²) in [7, 11) is -4.28. The molecule has 2 rings (SSSR count). The Kier molecular flexibility index (Phi) is 3.43. The van der Waals surface area contributed by atoms with Gasteiger partial charge in [-0.25, -0.2) is 0 Å². The molecule has 94 valence electrons. The van der Waals surface area contributed by atoms with Crippen molar-refractivity contribution in [2.75, 3.05) is 0 Å². The van der Waals surface area contributed by atoms with E-state index in [1.807, 2.05) is 0 Å². The van der Waals surface area contributed by atoms with Gasteiger partial charge in [0.25, 0.3) is 10.1 Å². The monoisotopic (exact) mass is 281 g/mol. The largest absolute Gasteiger partial charge is 0.295 e. The molecule has 0 aliphatic heterocycles. The number of allylic oxidation sites excluding steroid dienone is 1. The Morgan fingerprint density at radius 3 is 2.78 bits per heavy atom. The van der Waals surface area contributed by atoms with E-state index in [-0.39, 0.29) is 4.90 Å². The van der Waals surface area contributed by atoms with Crippen molar-refractivity contribution in [2.24, 2.45) is 0 Å². The molecule has 0 saturated carbocycles. The zero-order chi connectivity index (χ0) is 13.3. The van der Waals surface area contributed by atoms with Gasteiger partial charge in [0.2, 0.25) is 0 Å². The van der Waals surface area contributed by atoms with Gasteiger partial charge < -0.3 is 0 Å². The first kappa shape index (κ1) is 13.1. The van der Waals surface area contributed by atoms with Crippen LogP contribution < -0.4 is 0 Å². The normalized spacial score (nSPS) is 11.7. The number of pyridine rings is 1. The van der Waals surface area contributed by atoms with Crippen molar-refractivity contribution >= 4 is 33.6 Å². The lowest BCUT2D eigenvalue weighted by Crippen LogP contribution is -2.00. The SMILES string of the molecule is C=CCc1cnc2c(S)ccc(S(=O)(=O)O)c2c1. The molecule has 1 heterocycles. The van der Waals surface area contributed by atoms with E-state index < -0.39 is 10.1 Å². The van der Waals surface area contributed by atoms with Crippen LogP contribution in [0.15, 0.2) is 46.8 Å². The zero-order valence-corrected chi connectivity index (χ0v) is 11.1. The maximum atomic E-state index is 11.3. The second kappa shape index (κ2) is 4.72. The minimum Gasteiger partial charge on any atom is -0.282 e. The summed E-state index contributed by atoms with van der Waals surface area (Å²) in [5, 5.41) is 0.365. The standard InChI is InChI=1S/C12H11NO3S2/c1-2-3-8-6-9-11(18(14,15)16)5-4-10(17)12(9)13-7-8/h2,4-7,17H,1,3H2,(H,14,15,16). The van der Waals surface area contributed by atoms with E-state index in [9.17, 15) is 13.0 Å². The second-order valence-electron chi connectivity index (χ2n) is 3.79. The number of hydrogen-bond donors (Lipinski definition) is 2. The Morgan fingerprint density at radius 2 is 2.17 bits per heavy atom. The van der Waals surface area contributed by atoms with E-state index in [1.54, 1.807) is 18.3 Å². The summed E-state index contributed by atoms with van der Waals surface area (Å²) < 4.78 is 31.8. The molecular weight excluding hydrogens is 270 g/mol. The lowest BCUT2D eigenvalue weighted by Gasteiger charge is -2.07. The number of fused-ring (bicyclic) bond motifs is 1. The molecule has 6 heteroatoms. The Balaban J connectivity index is 2.84. The van der Waals surface area contributed by atoms with Crippen molar-refractivity contribution in [3.63, 3.8) is 0 Å². The lowest BCUT2D eigenvalue weighted by atomic mass is 10.1. The average Bonchev–Trinajstić information content (AvgIpc) is 2.28. The summed E-state index contributed by atoms with van der Waals surface area (Å²) in [6.45, 7) is 3.61. The lowest BCUT2D eigenvalue weighted by molar-refractivity contribution is 0.484. The van der Waals surface area contributed by atoms with Crippen molar-refractivity contribution in [2.45, 2.75) is 16.2 Å². The van der Waals surface area contributed by atoms with Gasteiger partial charge in [-0.2, -0.15) is 8.42 Å². The maximum absolute atomic E-state index is 11.3. The third kappa shape index (κ3) is 2.40. The Bertz CT molecular complexity index is 723. The highest BCUT2D eigenvalue weighted by atomic mass is 32.2. The molecule has 0 bridgehead atoms. The number of nitrogens with zero attached hydrogens (tertiary/aromatic N) is 1. The van der Waals surface area contributed by atoms with Crippen LogP contribution in [-0.2, 0) is 16.5 Å². The molecule has 2 aromatic rings. The smallest absolute Gasteiger partial charge is 0.282 e. The number of hydrogen-bond acceptors (Lipinski definition) is 4. The van der Waals surface area contributed by atoms with Crippen LogP contribution >= 0.6 is 12.6 Å². The molecule has 0 amide bonds. The van der Waals surface area contributed by atoms with Crippen molar-refractivity contribution in [1.29, 1.82) is 0 Å². The summed E-state index contributed by atoms with van der Waals surface area (Å²) >= 11 is 4.22. The van der Waals surface area contributed by atoms with Gasteiger partial charge in [0.1, 0.15) is 4.90 Å². The van der Waals surface area contributed by atoms with E-state index >= 15 is 0 Å². The number of rotatable bonds is 3. The Hall–Kier alpha value is -1.37. The summed E-state index contributed by atoms with van der Waals surface area (Å²) in [5.41, 5.74) is 1.27. The first-order valence-corrected chi connectivity index (χ1v) is 7.01. The van der Waals surface area contributed by atoms with Crippen LogP contribution in [0.3, 0.4) is 0 Å². The van der Waals surface area contributed by atoms with Gasteiger partial charge in [-0.1, -0.05) is 6.08 Å². The van der Waals surface area contributed by atoms with Crippen molar-refractivity contribution in [3.05, 3.63) is 42.6 Å². The van der Waals surface area contributed by atoms with Crippen molar-refractivity contribution in [3.8, 4) is 0 Å². The zero-order valence-electron chi connectivity index (χ0n) is 9.37. The third-order valence-electron chi connectivity index (χ3n) is 2.50. The van der Waals surface area contributed by atoms with Crippen LogP contribution in [0.4, 0.5) is 0 Å². The first-order valence-electron chi connectivity index (χ1n) is 5.12. The molecule has 0 saturated heterocycles. The van der Waals surface area contributed by atoms with Gasteiger partial charge in [0.05, 0.1) is 5.52 Å². The minimum atomic E-state index is -4.28. The highest BCUT2D eigenvalue weighted by Gasteiger charge is 2.16. The summed E-state index contributed by atoms with van der Waals surface area (Å²) in [4.78, 5) is 4.57. The van der Waals surface area contributed by atoms with Gasteiger partial charge in [0, 0.05) is 16.5 Å².